The van der Waals surface area contributed by atoms with Gasteiger partial charge in [0.25, 0.3) is 5.56 Å². The number of aromatic nitrogens is 2. The van der Waals surface area contributed by atoms with Gasteiger partial charge in [0.15, 0.2) is 0 Å². The SMILES string of the molecule is COC(=O)Cn1cnc(C2CCc3ccccc3NC2)c(C#N)c1=O. The molecule has 0 fully saturated rings. The summed E-state index contributed by atoms with van der Waals surface area (Å²) in [4.78, 5) is 28.2. The van der Waals surface area contributed by atoms with Gasteiger partial charge in [0.2, 0.25) is 0 Å². The zero-order valence-corrected chi connectivity index (χ0v) is 13.9. The lowest BCUT2D eigenvalue weighted by molar-refractivity contribution is -0.141. The standard InChI is InChI=1S/C18H18N4O3/c1-25-16(23)10-22-11-21-17(14(8-19)18(22)24)13-7-6-12-4-2-3-5-15(12)20-9-13/h2-5,11,13,20H,6-7,9-10H2,1H3. The summed E-state index contributed by atoms with van der Waals surface area (Å²) < 4.78 is 5.67. The number of benzene rings is 1. The van der Waals surface area contributed by atoms with E-state index in [4.69, 9.17) is 0 Å². The molecule has 3 rings (SSSR count). The minimum absolute atomic E-state index is 0.0100. The molecule has 1 aromatic carbocycles. The van der Waals surface area contributed by atoms with Crippen LogP contribution in [-0.4, -0.2) is 29.2 Å². The number of rotatable bonds is 3. The van der Waals surface area contributed by atoms with E-state index in [0.717, 1.165) is 23.1 Å². The van der Waals surface area contributed by atoms with Crippen molar-refractivity contribution < 1.29 is 9.53 Å². The highest BCUT2D eigenvalue weighted by Crippen LogP contribution is 2.28. The first kappa shape index (κ1) is 16.7. The van der Waals surface area contributed by atoms with Crippen molar-refractivity contribution in [3.63, 3.8) is 0 Å². The highest BCUT2D eigenvalue weighted by molar-refractivity contribution is 5.68. The predicted molar refractivity (Wildman–Crippen MR) is 91.2 cm³/mol. The van der Waals surface area contributed by atoms with E-state index < -0.39 is 11.5 Å². The fraction of sp³-hybridized carbons (Fsp3) is 0.333. The molecule has 1 aliphatic heterocycles. The average molecular weight is 338 g/mol. The first-order valence-electron chi connectivity index (χ1n) is 8.02. The van der Waals surface area contributed by atoms with Crippen molar-refractivity contribution in [1.29, 1.82) is 5.26 Å². The lowest BCUT2D eigenvalue weighted by Crippen LogP contribution is -2.30. The molecule has 1 N–H and O–H groups in total. The fourth-order valence-corrected chi connectivity index (χ4v) is 3.04. The molecule has 0 saturated carbocycles. The van der Waals surface area contributed by atoms with Crippen LogP contribution in [0.15, 0.2) is 35.4 Å². The molecule has 1 aromatic heterocycles. The van der Waals surface area contributed by atoms with Crippen molar-refractivity contribution in [3.05, 3.63) is 57.8 Å². The molecule has 1 aliphatic rings. The molecule has 0 amide bonds. The Morgan fingerprint density at radius 3 is 3.04 bits per heavy atom. The third kappa shape index (κ3) is 3.38. The molecule has 1 atom stereocenters. The number of carbonyl (C=O) groups is 1. The molecule has 2 aromatic rings. The van der Waals surface area contributed by atoms with Gasteiger partial charge < -0.3 is 10.1 Å². The number of nitriles is 1. The van der Waals surface area contributed by atoms with Crippen LogP contribution in [-0.2, 0) is 22.5 Å². The van der Waals surface area contributed by atoms with Crippen molar-refractivity contribution in [2.75, 3.05) is 19.0 Å². The first-order chi connectivity index (χ1) is 12.1. The second kappa shape index (κ2) is 7.18. The quantitative estimate of drug-likeness (QED) is 0.850. The van der Waals surface area contributed by atoms with Crippen LogP contribution in [0, 0.1) is 11.3 Å². The topological polar surface area (TPSA) is 97.0 Å². The summed E-state index contributed by atoms with van der Waals surface area (Å²) in [5.74, 6) is -0.616. The van der Waals surface area contributed by atoms with E-state index in [1.807, 2.05) is 24.3 Å². The fourth-order valence-electron chi connectivity index (χ4n) is 3.04. The number of aryl methyl sites for hydroxylation is 1. The molecule has 0 saturated heterocycles. The van der Waals surface area contributed by atoms with Gasteiger partial charge in [-0.25, -0.2) is 4.98 Å². The second-order valence-corrected chi connectivity index (χ2v) is 5.90. The number of ether oxygens (including phenoxy) is 1. The van der Waals surface area contributed by atoms with Crippen LogP contribution in [0.4, 0.5) is 5.69 Å². The monoisotopic (exact) mass is 338 g/mol. The van der Waals surface area contributed by atoms with Crippen LogP contribution in [0.1, 0.15) is 29.2 Å². The summed E-state index contributed by atoms with van der Waals surface area (Å²) in [5.41, 5.74) is 2.24. The van der Waals surface area contributed by atoms with Gasteiger partial charge in [0.1, 0.15) is 18.2 Å². The van der Waals surface area contributed by atoms with Crippen molar-refractivity contribution in [1.82, 2.24) is 9.55 Å². The van der Waals surface area contributed by atoms with Gasteiger partial charge in [-0.2, -0.15) is 5.26 Å². The Balaban J connectivity index is 1.91. The minimum Gasteiger partial charge on any atom is -0.468 e. The number of anilines is 1. The van der Waals surface area contributed by atoms with Crippen molar-refractivity contribution in [3.8, 4) is 6.07 Å². The number of esters is 1. The summed E-state index contributed by atoms with van der Waals surface area (Å²) in [6.45, 7) is 0.338. The van der Waals surface area contributed by atoms with E-state index in [1.54, 1.807) is 0 Å². The number of hydrogen-bond donors (Lipinski definition) is 1. The van der Waals surface area contributed by atoms with Crippen LogP contribution in [0.3, 0.4) is 0 Å². The van der Waals surface area contributed by atoms with Gasteiger partial charge in [-0.1, -0.05) is 18.2 Å². The molecular formula is C18H18N4O3. The van der Waals surface area contributed by atoms with Gasteiger partial charge in [-0.15, -0.1) is 0 Å². The predicted octanol–water partition coefficient (Wildman–Crippen LogP) is 1.43. The van der Waals surface area contributed by atoms with E-state index in [9.17, 15) is 14.9 Å². The largest absolute Gasteiger partial charge is 0.468 e. The molecule has 0 radical (unpaired) electrons. The number of methoxy groups -OCH3 is 1. The van der Waals surface area contributed by atoms with E-state index in [0.29, 0.717) is 12.2 Å². The molecule has 128 valence electrons. The van der Waals surface area contributed by atoms with Crippen LogP contribution in [0.25, 0.3) is 0 Å². The molecule has 25 heavy (non-hydrogen) atoms. The molecule has 7 heteroatoms. The van der Waals surface area contributed by atoms with E-state index >= 15 is 0 Å². The maximum absolute atomic E-state index is 12.5. The maximum atomic E-state index is 12.5. The highest BCUT2D eigenvalue weighted by Gasteiger charge is 2.23. The van der Waals surface area contributed by atoms with Crippen LogP contribution in [0.5, 0.6) is 0 Å². The number of hydrogen-bond acceptors (Lipinski definition) is 6. The molecule has 0 spiro atoms. The second-order valence-electron chi connectivity index (χ2n) is 5.90. The Bertz CT molecular complexity index is 871. The molecule has 0 aliphatic carbocycles. The highest BCUT2D eigenvalue weighted by atomic mass is 16.5. The maximum Gasteiger partial charge on any atom is 0.325 e. The lowest BCUT2D eigenvalue weighted by atomic mass is 9.95. The summed E-state index contributed by atoms with van der Waals surface area (Å²) in [6.07, 6.45) is 2.94. The first-order valence-corrected chi connectivity index (χ1v) is 8.02. The Morgan fingerprint density at radius 2 is 2.28 bits per heavy atom. The average Bonchev–Trinajstić information content (AvgIpc) is 2.85. The Morgan fingerprint density at radius 1 is 1.48 bits per heavy atom. The van der Waals surface area contributed by atoms with Crippen molar-refractivity contribution >= 4 is 11.7 Å². The van der Waals surface area contributed by atoms with E-state index in [1.165, 1.54) is 19.0 Å². The third-order valence-corrected chi connectivity index (χ3v) is 4.41. The molecule has 0 bridgehead atoms. The molecule has 2 heterocycles. The van der Waals surface area contributed by atoms with E-state index in [-0.39, 0.29) is 18.0 Å². The van der Waals surface area contributed by atoms with Crippen molar-refractivity contribution in [2.24, 2.45) is 0 Å². The minimum atomic E-state index is -0.563. The molecule has 7 nitrogen and oxygen atoms in total. The number of fused-ring (bicyclic) bond motifs is 1. The van der Waals surface area contributed by atoms with Crippen LogP contribution >= 0.6 is 0 Å². The third-order valence-electron chi connectivity index (χ3n) is 4.41. The van der Waals surface area contributed by atoms with Gasteiger partial charge in [-0.05, 0) is 24.5 Å². The molecule has 1 unspecified atom stereocenters. The summed E-state index contributed by atoms with van der Waals surface area (Å²) in [5, 5.41) is 12.8. The zero-order valence-electron chi connectivity index (χ0n) is 13.9. The van der Waals surface area contributed by atoms with Gasteiger partial charge in [0.05, 0.1) is 19.1 Å². The number of nitrogens with one attached hydrogen (secondary N) is 1. The normalized spacial score (nSPS) is 16.1. The summed E-state index contributed by atoms with van der Waals surface area (Å²) in [6, 6.07) is 10.0. The van der Waals surface area contributed by atoms with E-state index in [2.05, 4.69) is 21.1 Å². The Labute approximate surface area is 144 Å². The Kier molecular flexibility index (Phi) is 4.80. The number of nitrogens with zero attached hydrogens (tertiary/aromatic N) is 3. The number of carbonyl (C=O) groups excluding carboxylic acids is 1. The smallest absolute Gasteiger partial charge is 0.325 e. The zero-order chi connectivity index (χ0) is 17.8. The van der Waals surface area contributed by atoms with Crippen LogP contribution in [0.2, 0.25) is 0 Å². The number of para-hydroxylation sites is 1. The Hall–Kier alpha value is -3.14. The van der Waals surface area contributed by atoms with Crippen molar-refractivity contribution in [2.45, 2.75) is 25.3 Å². The summed E-state index contributed by atoms with van der Waals surface area (Å²) in [7, 11) is 1.25. The van der Waals surface area contributed by atoms with Gasteiger partial charge >= 0.3 is 5.97 Å². The van der Waals surface area contributed by atoms with Gasteiger partial charge in [-0.3, -0.25) is 14.2 Å². The van der Waals surface area contributed by atoms with Crippen LogP contribution < -0.4 is 10.9 Å². The summed E-state index contributed by atoms with van der Waals surface area (Å²) >= 11 is 0. The van der Waals surface area contributed by atoms with Gasteiger partial charge in [0, 0.05) is 18.2 Å². The molecular weight excluding hydrogens is 320 g/mol. The lowest BCUT2D eigenvalue weighted by Gasteiger charge is -2.16.